The number of carbonyl (C=O) groups excluding carboxylic acids is 2. The van der Waals surface area contributed by atoms with Gasteiger partial charge in [0.2, 0.25) is 5.91 Å². The van der Waals surface area contributed by atoms with Gasteiger partial charge in [0.15, 0.2) is 0 Å². The Morgan fingerprint density at radius 1 is 1.12 bits per heavy atom. The Morgan fingerprint density at radius 3 is 2.41 bits per heavy atom. The Labute approximate surface area is 203 Å². The van der Waals surface area contributed by atoms with E-state index in [1.165, 1.54) is 0 Å². The number of amides is 2. The fourth-order valence-electron chi connectivity index (χ4n) is 4.82. The maximum atomic E-state index is 13.4. The van der Waals surface area contributed by atoms with Gasteiger partial charge in [0.05, 0.1) is 18.2 Å². The number of nitrogens with one attached hydrogen (secondary N) is 1. The first kappa shape index (κ1) is 25.8. The van der Waals surface area contributed by atoms with Crippen LogP contribution in [0.15, 0.2) is 60.7 Å². The predicted molar refractivity (Wildman–Crippen MR) is 133 cm³/mol. The molecule has 6 heteroatoms. The van der Waals surface area contributed by atoms with Gasteiger partial charge < -0.3 is 15.2 Å². The van der Waals surface area contributed by atoms with Crippen LogP contribution in [0, 0.1) is 11.8 Å². The fraction of sp³-hybridized carbons (Fsp3) is 0.500. The molecular weight excluding hydrogens is 428 g/mol. The molecule has 1 saturated heterocycles. The Morgan fingerprint density at radius 2 is 1.76 bits per heavy atom. The van der Waals surface area contributed by atoms with Crippen LogP contribution >= 0.6 is 0 Å². The van der Waals surface area contributed by atoms with Gasteiger partial charge in [0.25, 0.3) is 0 Å². The zero-order valence-corrected chi connectivity index (χ0v) is 20.5. The first-order valence-corrected chi connectivity index (χ1v) is 12.4. The van der Waals surface area contributed by atoms with Gasteiger partial charge in [-0.3, -0.25) is 9.69 Å². The molecule has 0 unspecified atom stereocenters. The van der Waals surface area contributed by atoms with Crippen molar-refractivity contribution in [1.29, 1.82) is 0 Å². The normalized spacial score (nSPS) is 21.6. The minimum atomic E-state index is -0.827. The van der Waals surface area contributed by atoms with E-state index in [9.17, 15) is 14.7 Å². The van der Waals surface area contributed by atoms with Crippen LogP contribution in [-0.4, -0.2) is 40.7 Å². The van der Waals surface area contributed by atoms with Crippen LogP contribution in [0.4, 0.5) is 4.79 Å². The summed E-state index contributed by atoms with van der Waals surface area (Å²) in [5, 5.41) is 14.1. The van der Waals surface area contributed by atoms with Crippen molar-refractivity contribution in [2.75, 3.05) is 6.54 Å². The molecule has 34 heavy (non-hydrogen) atoms. The summed E-state index contributed by atoms with van der Waals surface area (Å²) in [6.07, 6.45) is 1.61. The summed E-state index contributed by atoms with van der Waals surface area (Å²) >= 11 is 0. The molecule has 1 aliphatic heterocycles. The SMILES string of the molecule is CCCCNC(=O)[C@H](C)C[C@H](O)[C@@H]1C[C@@H](C)[C@@H](c2ccccc2)N1C(=O)OCc1ccccc1. The molecule has 0 aliphatic carbocycles. The largest absolute Gasteiger partial charge is 0.445 e. The molecule has 2 aromatic rings. The van der Waals surface area contributed by atoms with Gasteiger partial charge in [-0.2, -0.15) is 0 Å². The molecule has 3 rings (SSSR count). The number of ether oxygens (including phenoxy) is 1. The number of aliphatic hydroxyl groups excluding tert-OH is 1. The minimum absolute atomic E-state index is 0.0589. The second kappa shape index (κ2) is 12.6. The molecule has 0 saturated carbocycles. The molecule has 2 amide bonds. The standard InChI is InChI=1S/C28H38N2O4/c1-4-5-16-29-27(32)21(3)18-25(31)24-17-20(2)26(23-14-10-7-11-15-23)30(24)28(33)34-19-22-12-8-6-9-13-22/h6-15,20-21,24-26,31H,4-5,16-19H2,1-3H3,(H,29,32)/t20-,21-,24+,25+,26+/m1/s1. The Hall–Kier alpha value is -2.86. The summed E-state index contributed by atoms with van der Waals surface area (Å²) in [6.45, 7) is 6.82. The Bertz CT molecular complexity index is 905. The molecule has 5 atom stereocenters. The van der Waals surface area contributed by atoms with Crippen LogP contribution in [0.2, 0.25) is 0 Å². The summed E-state index contributed by atoms with van der Waals surface area (Å²) in [6, 6.07) is 18.8. The van der Waals surface area contributed by atoms with Crippen molar-refractivity contribution in [3.63, 3.8) is 0 Å². The number of hydrogen-bond acceptors (Lipinski definition) is 4. The van der Waals surface area contributed by atoms with Crippen molar-refractivity contribution in [3.8, 4) is 0 Å². The average Bonchev–Trinajstić information content (AvgIpc) is 3.21. The molecule has 0 spiro atoms. The third-order valence-electron chi connectivity index (χ3n) is 6.68. The van der Waals surface area contributed by atoms with E-state index in [0.29, 0.717) is 19.4 Å². The summed E-state index contributed by atoms with van der Waals surface area (Å²) in [4.78, 5) is 27.5. The highest BCUT2D eigenvalue weighted by atomic mass is 16.6. The van der Waals surface area contributed by atoms with Gasteiger partial charge in [0.1, 0.15) is 6.61 Å². The maximum absolute atomic E-state index is 13.4. The van der Waals surface area contributed by atoms with E-state index < -0.39 is 18.2 Å². The first-order valence-electron chi connectivity index (χ1n) is 12.4. The van der Waals surface area contributed by atoms with Crippen molar-refractivity contribution in [1.82, 2.24) is 10.2 Å². The van der Waals surface area contributed by atoms with Crippen LogP contribution in [0.1, 0.15) is 63.6 Å². The lowest BCUT2D eigenvalue weighted by molar-refractivity contribution is -0.125. The van der Waals surface area contributed by atoms with E-state index in [2.05, 4.69) is 19.2 Å². The number of rotatable bonds is 10. The van der Waals surface area contributed by atoms with E-state index in [-0.39, 0.29) is 30.4 Å². The van der Waals surface area contributed by atoms with E-state index in [1.807, 2.05) is 67.6 Å². The molecule has 0 bridgehead atoms. The second-order valence-electron chi connectivity index (χ2n) is 9.43. The van der Waals surface area contributed by atoms with Gasteiger partial charge in [-0.1, -0.05) is 87.9 Å². The molecule has 0 radical (unpaired) electrons. The summed E-state index contributed by atoms with van der Waals surface area (Å²) in [7, 11) is 0. The molecule has 2 aromatic carbocycles. The molecule has 1 aliphatic rings. The Balaban J connectivity index is 1.75. The van der Waals surface area contributed by atoms with Crippen molar-refractivity contribution in [3.05, 3.63) is 71.8 Å². The van der Waals surface area contributed by atoms with E-state index in [0.717, 1.165) is 24.0 Å². The third-order valence-corrected chi connectivity index (χ3v) is 6.68. The average molecular weight is 467 g/mol. The monoisotopic (exact) mass is 466 g/mol. The predicted octanol–water partition coefficient (Wildman–Crippen LogP) is 5.08. The van der Waals surface area contributed by atoms with Crippen LogP contribution in [-0.2, 0) is 16.1 Å². The van der Waals surface area contributed by atoms with E-state index >= 15 is 0 Å². The van der Waals surface area contributed by atoms with Gasteiger partial charge >= 0.3 is 6.09 Å². The number of carbonyl (C=O) groups is 2. The first-order chi connectivity index (χ1) is 16.4. The minimum Gasteiger partial charge on any atom is -0.445 e. The van der Waals surface area contributed by atoms with E-state index in [1.54, 1.807) is 4.90 Å². The topological polar surface area (TPSA) is 78.9 Å². The zero-order chi connectivity index (χ0) is 24.5. The van der Waals surface area contributed by atoms with Crippen LogP contribution in [0.25, 0.3) is 0 Å². The summed E-state index contributed by atoms with van der Waals surface area (Å²) in [5.41, 5.74) is 1.93. The number of aliphatic hydroxyl groups is 1. The highest BCUT2D eigenvalue weighted by Crippen LogP contribution is 2.43. The molecule has 2 N–H and O–H groups in total. The van der Waals surface area contributed by atoms with Crippen molar-refractivity contribution < 1.29 is 19.4 Å². The lowest BCUT2D eigenvalue weighted by Crippen LogP contribution is -2.45. The zero-order valence-electron chi connectivity index (χ0n) is 20.5. The quantitative estimate of drug-likeness (QED) is 0.479. The molecular formula is C28H38N2O4. The van der Waals surface area contributed by atoms with Gasteiger partial charge in [-0.05, 0) is 36.3 Å². The third kappa shape index (κ3) is 6.60. The lowest BCUT2D eigenvalue weighted by Gasteiger charge is -2.33. The maximum Gasteiger partial charge on any atom is 0.410 e. The van der Waals surface area contributed by atoms with E-state index in [4.69, 9.17) is 4.74 Å². The number of benzene rings is 2. The van der Waals surface area contributed by atoms with Crippen molar-refractivity contribution in [2.45, 2.75) is 71.2 Å². The smallest absolute Gasteiger partial charge is 0.410 e. The van der Waals surface area contributed by atoms with Crippen LogP contribution < -0.4 is 5.32 Å². The molecule has 184 valence electrons. The number of unbranched alkanes of at least 4 members (excludes halogenated alkanes) is 1. The molecule has 1 fully saturated rings. The molecule has 1 heterocycles. The highest BCUT2D eigenvalue weighted by molar-refractivity contribution is 5.78. The van der Waals surface area contributed by atoms with Crippen molar-refractivity contribution in [2.24, 2.45) is 11.8 Å². The van der Waals surface area contributed by atoms with Crippen molar-refractivity contribution >= 4 is 12.0 Å². The number of nitrogens with zero attached hydrogens (tertiary/aromatic N) is 1. The lowest BCUT2D eigenvalue weighted by atomic mass is 9.92. The van der Waals surface area contributed by atoms with Gasteiger partial charge in [0, 0.05) is 12.5 Å². The van der Waals surface area contributed by atoms with Gasteiger partial charge in [-0.15, -0.1) is 0 Å². The number of likely N-dealkylation sites (tertiary alicyclic amines) is 1. The van der Waals surface area contributed by atoms with Gasteiger partial charge in [-0.25, -0.2) is 4.79 Å². The second-order valence-corrected chi connectivity index (χ2v) is 9.43. The van der Waals surface area contributed by atoms with Crippen LogP contribution in [0.3, 0.4) is 0 Å². The molecule has 0 aromatic heterocycles. The fourth-order valence-corrected chi connectivity index (χ4v) is 4.82. The summed E-state index contributed by atoms with van der Waals surface area (Å²) in [5.74, 6) is -0.267. The summed E-state index contributed by atoms with van der Waals surface area (Å²) < 4.78 is 5.71. The Kier molecular flexibility index (Phi) is 9.52. The molecule has 6 nitrogen and oxygen atoms in total. The number of hydrogen-bond donors (Lipinski definition) is 2. The van der Waals surface area contributed by atoms with Crippen LogP contribution in [0.5, 0.6) is 0 Å². The highest BCUT2D eigenvalue weighted by Gasteiger charge is 2.46.